The van der Waals surface area contributed by atoms with E-state index in [1.165, 1.54) is 0 Å². The molecule has 0 aromatic rings. The number of hydrogen-bond donors (Lipinski definition) is 4. The van der Waals surface area contributed by atoms with Crippen LogP contribution in [0.1, 0.15) is 13.3 Å². The fourth-order valence-corrected chi connectivity index (χ4v) is 0.708. The largest absolute Gasteiger partial charge is 0.395 e. The van der Waals surface area contributed by atoms with Crippen LogP contribution in [-0.4, -0.2) is 41.4 Å². The lowest BCUT2D eigenvalue weighted by molar-refractivity contribution is -0.108. The Morgan fingerprint density at radius 2 is 2.25 bits per heavy atom. The minimum atomic E-state index is -0.947. The first-order chi connectivity index (χ1) is 5.61. The van der Waals surface area contributed by atoms with Crippen LogP contribution in [0, 0.1) is 0 Å². The number of aldehydes is 1. The first-order valence-electron chi connectivity index (χ1n) is 3.86. The van der Waals surface area contributed by atoms with Crippen LogP contribution in [0.15, 0.2) is 0 Å². The normalized spacial score (nSPS) is 18.3. The van der Waals surface area contributed by atoms with Gasteiger partial charge in [0.05, 0.1) is 12.6 Å². The van der Waals surface area contributed by atoms with Crippen LogP contribution in [-0.2, 0) is 4.79 Å². The molecule has 1 unspecified atom stereocenters. The Bertz CT molecular complexity index is 132. The fourth-order valence-electron chi connectivity index (χ4n) is 0.708. The van der Waals surface area contributed by atoms with E-state index >= 15 is 0 Å². The number of nitrogens with two attached hydrogens (primary N) is 1. The van der Waals surface area contributed by atoms with Crippen LogP contribution >= 0.6 is 0 Å². The average molecular weight is 176 g/mol. The predicted octanol–water partition coefficient (Wildman–Crippen LogP) is -1.81. The number of hydrogen-bond acceptors (Lipinski definition) is 5. The third-order valence-electron chi connectivity index (χ3n) is 1.50. The molecule has 0 spiro atoms. The van der Waals surface area contributed by atoms with E-state index in [-0.39, 0.29) is 19.1 Å². The van der Waals surface area contributed by atoms with Crippen molar-refractivity contribution in [3.63, 3.8) is 0 Å². The molecule has 0 fully saturated rings. The van der Waals surface area contributed by atoms with Crippen molar-refractivity contribution >= 4 is 6.29 Å². The summed E-state index contributed by atoms with van der Waals surface area (Å²) >= 11 is 0. The van der Waals surface area contributed by atoms with Crippen molar-refractivity contribution in [3.8, 4) is 0 Å². The molecule has 0 heterocycles. The molecule has 0 rings (SSSR count). The van der Waals surface area contributed by atoms with Crippen molar-refractivity contribution in [1.82, 2.24) is 5.32 Å². The first kappa shape index (κ1) is 11.5. The summed E-state index contributed by atoms with van der Waals surface area (Å²) in [6.07, 6.45) is -0.191. The Kier molecular flexibility index (Phi) is 5.83. The Morgan fingerprint density at radius 1 is 1.67 bits per heavy atom. The van der Waals surface area contributed by atoms with Gasteiger partial charge in [0.1, 0.15) is 12.5 Å². The molecule has 5 heteroatoms. The number of carbonyl (C=O) groups is 1. The zero-order valence-electron chi connectivity index (χ0n) is 7.10. The summed E-state index contributed by atoms with van der Waals surface area (Å²) in [4.78, 5) is 10.0. The molecule has 12 heavy (non-hydrogen) atoms. The predicted molar refractivity (Wildman–Crippen MR) is 44.3 cm³/mol. The second kappa shape index (κ2) is 6.07. The smallest absolute Gasteiger partial charge is 0.121 e. The van der Waals surface area contributed by atoms with Gasteiger partial charge in [0.15, 0.2) is 0 Å². The van der Waals surface area contributed by atoms with Crippen LogP contribution in [0.3, 0.4) is 0 Å². The maximum absolute atomic E-state index is 10.0. The summed E-state index contributed by atoms with van der Waals surface area (Å²) in [7, 11) is 0. The SMILES string of the molecule is C[C@@H](CO)NC(O)[C@@H](N)CC=O. The maximum atomic E-state index is 10.0. The number of nitrogens with one attached hydrogen (secondary N) is 1. The van der Waals surface area contributed by atoms with Gasteiger partial charge < -0.3 is 20.7 Å². The molecular formula is C7H16N2O3. The molecule has 0 saturated heterocycles. The Balaban J connectivity index is 3.69. The lowest BCUT2D eigenvalue weighted by Gasteiger charge is -2.21. The van der Waals surface area contributed by atoms with Crippen molar-refractivity contribution in [3.05, 3.63) is 0 Å². The molecule has 0 aromatic carbocycles. The molecule has 0 amide bonds. The van der Waals surface area contributed by atoms with Gasteiger partial charge in [-0.2, -0.15) is 0 Å². The summed E-state index contributed by atoms with van der Waals surface area (Å²) in [5.74, 6) is 0. The highest BCUT2D eigenvalue weighted by molar-refractivity contribution is 5.50. The molecule has 0 aromatic heterocycles. The number of rotatable bonds is 6. The summed E-state index contributed by atoms with van der Waals surface area (Å²) in [5, 5.41) is 20.5. The zero-order chi connectivity index (χ0) is 9.56. The molecule has 5 N–H and O–H groups in total. The lowest BCUT2D eigenvalue weighted by Crippen LogP contribution is -2.49. The van der Waals surface area contributed by atoms with Crippen LogP contribution in [0.4, 0.5) is 0 Å². The van der Waals surface area contributed by atoms with E-state index in [1.54, 1.807) is 6.92 Å². The van der Waals surface area contributed by atoms with Gasteiger partial charge in [-0.3, -0.25) is 5.32 Å². The highest BCUT2D eigenvalue weighted by Gasteiger charge is 2.15. The van der Waals surface area contributed by atoms with Crippen molar-refractivity contribution < 1.29 is 15.0 Å². The van der Waals surface area contributed by atoms with Gasteiger partial charge in [-0.25, -0.2) is 0 Å². The molecule has 0 aliphatic rings. The molecule has 0 bridgehead atoms. The van der Waals surface area contributed by atoms with E-state index in [0.29, 0.717) is 6.29 Å². The van der Waals surface area contributed by atoms with Crippen molar-refractivity contribution in [2.45, 2.75) is 31.7 Å². The molecule has 0 saturated carbocycles. The second-order valence-corrected chi connectivity index (χ2v) is 2.76. The zero-order valence-corrected chi connectivity index (χ0v) is 7.10. The Morgan fingerprint density at radius 3 is 2.67 bits per heavy atom. The summed E-state index contributed by atoms with van der Waals surface area (Å²) in [6, 6.07) is -0.839. The highest BCUT2D eigenvalue weighted by Crippen LogP contribution is 1.92. The minimum absolute atomic E-state index is 0.0785. The quantitative estimate of drug-likeness (QED) is 0.283. The van der Waals surface area contributed by atoms with Gasteiger partial charge in [0.2, 0.25) is 0 Å². The maximum Gasteiger partial charge on any atom is 0.121 e. The van der Waals surface area contributed by atoms with Gasteiger partial charge in [-0.05, 0) is 6.92 Å². The van der Waals surface area contributed by atoms with Gasteiger partial charge in [-0.15, -0.1) is 0 Å². The van der Waals surface area contributed by atoms with E-state index in [4.69, 9.17) is 10.8 Å². The first-order valence-corrected chi connectivity index (χ1v) is 3.86. The van der Waals surface area contributed by atoms with Crippen molar-refractivity contribution in [2.75, 3.05) is 6.61 Å². The van der Waals surface area contributed by atoms with Crippen molar-refractivity contribution in [2.24, 2.45) is 5.73 Å². The van der Waals surface area contributed by atoms with E-state index in [1.807, 2.05) is 0 Å². The van der Waals surface area contributed by atoms with Gasteiger partial charge >= 0.3 is 0 Å². The molecular weight excluding hydrogens is 160 g/mol. The topological polar surface area (TPSA) is 95.6 Å². The van der Waals surface area contributed by atoms with Crippen LogP contribution < -0.4 is 11.1 Å². The number of aliphatic hydroxyl groups excluding tert-OH is 2. The summed E-state index contributed by atoms with van der Waals surface area (Å²) in [5.41, 5.74) is 5.41. The van der Waals surface area contributed by atoms with E-state index in [0.717, 1.165) is 0 Å². The molecule has 72 valence electrons. The van der Waals surface area contributed by atoms with Crippen molar-refractivity contribution in [1.29, 1.82) is 0 Å². The number of carbonyl (C=O) groups excluding carboxylic acids is 1. The second-order valence-electron chi connectivity index (χ2n) is 2.76. The van der Waals surface area contributed by atoms with E-state index in [9.17, 15) is 9.90 Å². The Hall–Kier alpha value is -0.490. The van der Waals surface area contributed by atoms with Gasteiger partial charge in [0.25, 0.3) is 0 Å². The lowest BCUT2D eigenvalue weighted by atomic mass is 10.2. The van der Waals surface area contributed by atoms with E-state index in [2.05, 4.69) is 5.32 Å². The summed E-state index contributed by atoms with van der Waals surface area (Å²) in [6.45, 7) is 1.63. The Labute approximate surface area is 71.6 Å². The molecule has 0 radical (unpaired) electrons. The third kappa shape index (κ3) is 4.40. The molecule has 0 aliphatic heterocycles. The molecule has 3 atom stereocenters. The fraction of sp³-hybridized carbons (Fsp3) is 0.857. The van der Waals surface area contributed by atoms with Crippen LogP contribution in [0.2, 0.25) is 0 Å². The molecule has 0 aliphatic carbocycles. The minimum Gasteiger partial charge on any atom is -0.395 e. The van der Waals surface area contributed by atoms with E-state index < -0.39 is 12.3 Å². The average Bonchev–Trinajstić information content (AvgIpc) is 2.04. The highest BCUT2D eigenvalue weighted by atomic mass is 16.3. The third-order valence-corrected chi connectivity index (χ3v) is 1.50. The van der Waals surface area contributed by atoms with Gasteiger partial charge in [0, 0.05) is 12.5 Å². The standard InChI is InChI=1S/C7H16N2O3/c1-5(4-11)9-7(12)6(8)2-3-10/h3,5-7,9,11-12H,2,4,8H2,1H3/t5-,6-,7?/m0/s1. The summed E-state index contributed by atoms with van der Waals surface area (Å²) < 4.78 is 0. The number of aliphatic hydroxyl groups is 2. The van der Waals surface area contributed by atoms with Crippen LogP contribution in [0.25, 0.3) is 0 Å². The molecule has 5 nitrogen and oxygen atoms in total. The van der Waals surface area contributed by atoms with Gasteiger partial charge in [-0.1, -0.05) is 0 Å². The van der Waals surface area contributed by atoms with Crippen LogP contribution in [0.5, 0.6) is 0 Å². The monoisotopic (exact) mass is 176 g/mol.